The van der Waals surface area contributed by atoms with Crippen molar-refractivity contribution >= 4 is 22.8 Å². The quantitative estimate of drug-likeness (QED) is 0.435. The highest BCUT2D eigenvalue weighted by atomic mass is 16.5. The predicted octanol–water partition coefficient (Wildman–Crippen LogP) is 4.17. The first-order valence-electron chi connectivity index (χ1n) is 11.6. The van der Waals surface area contributed by atoms with Crippen LogP contribution in [0.5, 0.6) is 5.75 Å². The van der Waals surface area contributed by atoms with Crippen LogP contribution >= 0.6 is 0 Å². The number of carboxylic acids is 2. The smallest absolute Gasteiger partial charge is 0.332 e. The van der Waals surface area contributed by atoms with Gasteiger partial charge in [-0.15, -0.1) is 0 Å². The van der Waals surface area contributed by atoms with Crippen LogP contribution in [-0.4, -0.2) is 46.4 Å². The van der Waals surface area contributed by atoms with E-state index in [2.05, 4.69) is 35.9 Å². The summed E-state index contributed by atoms with van der Waals surface area (Å²) in [6, 6.07) is 16.0. The largest absolute Gasteiger partial charge is 0.492 e. The lowest BCUT2D eigenvalue weighted by Gasteiger charge is -2.17. The van der Waals surface area contributed by atoms with Crippen LogP contribution < -0.4 is 10.1 Å². The van der Waals surface area contributed by atoms with Crippen LogP contribution in [0.2, 0.25) is 0 Å². The number of nitrogens with one attached hydrogen (secondary N) is 1. The summed E-state index contributed by atoms with van der Waals surface area (Å²) >= 11 is 0. The molecule has 1 aliphatic heterocycles. The number of fused-ring (bicyclic) bond motifs is 3. The van der Waals surface area contributed by atoms with Crippen molar-refractivity contribution in [3.63, 3.8) is 0 Å². The number of aromatic nitrogens is 1. The molecule has 0 radical (unpaired) electrons. The molecule has 7 nitrogen and oxygen atoms in total. The summed E-state index contributed by atoms with van der Waals surface area (Å²) in [5.41, 5.74) is 4.01. The number of para-hydroxylation sites is 1. The monoisotopic (exact) mass is 462 g/mol. The molecule has 3 N–H and O–H groups in total. The molecule has 7 heteroatoms. The standard InChI is InChI=1S/C27H30N2O5/c1-17(2)18-6-5-7-19(14-18)34-13-12-29-23-9-4-3-8-20(23)26-22(16-28-11-10-24(26)29)21(27(32)33)15-25(30)31/h3-9,14-15,17,22,28H,10-13,16H2,1-2H3,(H,30,31)(H,32,33)/b21-15-. The molecule has 4 rings (SSSR count). The summed E-state index contributed by atoms with van der Waals surface area (Å²) in [5, 5.41) is 23.3. The molecular formula is C27H30N2O5. The number of benzene rings is 2. The zero-order valence-corrected chi connectivity index (χ0v) is 19.5. The Labute approximate surface area is 198 Å². The Kier molecular flexibility index (Phi) is 7.03. The van der Waals surface area contributed by atoms with E-state index in [0.717, 1.165) is 34.0 Å². The SMILES string of the molecule is CC(C)c1cccc(OCCn2c3c(c4ccccc42)C(/C(=C/C(=O)O)C(=O)O)CNCC3)c1. The number of ether oxygens (including phenoxy) is 1. The fourth-order valence-corrected chi connectivity index (χ4v) is 4.78. The van der Waals surface area contributed by atoms with Gasteiger partial charge >= 0.3 is 11.9 Å². The van der Waals surface area contributed by atoms with E-state index in [-0.39, 0.29) is 5.57 Å². The Morgan fingerprint density at radius 1 is 1.18 bits per heavy atom. The maximum Gasteiger partial charge on any atom is 0.332 e. The molecule has 0 saturated heterocycles. The second kappa shape index (κ2) is 10.1. The molecule has 0 aliphatic carbocycles. The molecule has 1 aliphatic rings. The van der Waals surface area contributed by atoms with Gasteiger partial charge in [0.1, 0.15) is 12.4 Å². The summed E-state index contributed by atoms with van der Waals surface area (Å²) in [6.07, 6.45) is 1.53. The molecule has 0 bridgehead atoms. The second-order valence-electron chi connectivity index (χ2n) is 8.85. The van der Waals surface area contributed by atoms with Gasteiger partial charge in [-0.2, -0.15) is 0 Å². The van der Waals surface area contributed by atoms with Gasteiger partial charge < -0.3 is 24.8 Å². The maximum atomic E-state index is 12.0. The van der Waals surface area contributed by atoms with Crippen LogP contribution in [0.1, 0.15) is 42.5 Å². The molecule has 1 unspecified atom stereocenters. The summed E-state index contributed by atoms with van der Waals surface area (Å²) in [6.45, 7) is 6.40. The van der Waals surface area contributed by atoms with E-state index in [1.165, 1.54) is 5.56 Å². The van der Waals surface area contributed by atoms with Crippen molar-refractivity contribution < 1.29 is 24.5 Å². The average Bonchev–Trinajstić information content (AvgIpc) is 2.96. The zero-order valence-electron chi connectivity index (χ0n) is 19.5. The van der Waals surface area contributed by atoms with Gasteiger partial charge in [0.15, 0.2) is 0 Å². The lowest BCUT2D eigenvalue weighted by molar-refractivity contribution is -0.135. The number of aliphatic carboxylic acids is 2. The number of hydrogen-bond donors (Lipinski definition) is 3. The van der Waals surface area contributed by atoms with E-state index in [4.69, 9.17) is 4.74 Å². The second-order valence-corrected chi connectivity index (χ2v) is 8.85. The molecule has 34 heavy (non-hydrogen) atoms. The molecule has 3 aromatic rings. The third-order valence-electron chi connectivity index (χ3n) is 6.37. The summed E-state index contributed by atoms with van der Waals surface area (Å²) < 4.78 is 8.28. The minimum atomic E-state index is -1.26. The lowest BCUT2D eigenvalue weighted by Crippen LogP contribution is -2.24. The summed E-state index contributed by atoms with van der Waals surface area (Å²) in [7, 11) is 0. The van der Waals surface area contributed by atoms with E-state index in [1.54, 1.807) is 0 Å². The van der Waals surface area contributed by atoms with Gasteiger partial charge in [0.25, 0.3) is 0 Å². The zero-order chi connectivity index (χ0) is 24.2. The number of carboxylic acid groups (broad SMARTS) is 2. The van der Waals surface area contributed by atoms with E-state index in [9.17, 15) is 19.8 Å². The van der Waals surface area contributed by atoms with Gasteiger partial charge in [-0.1, -0.05) is 44.2 Å². The van der Waals surface area contributed by atoms with Crippen molar-refractivity contribution in [1.82, 2.24) is 9.88 Å². The Morgan fingerprint density at radius 2 is 1.97 bits per heavy atom. The van der Waals surface area contributed by atoms with Crippen LogP contribution in [-0.2, 0) is 22.6 Å². The van der Waals surface area contributed by atoms with E-state index in [0.29, 0.717) is 38.6 Å². The van der Waals surface area contributed by atoms with E-state index >= 15 is 0 Å². The van der Waals surface area contributed by atoms with Crippen molar-refractivity contribution in [3.8, 4) is 5.75 Å². The van der Waals surface area contributed by atoms with Gasteiger partial charge in [-0.25, -0.2) is 9.59 Å². The highest BCUT2D eigenvalue weighted by Gasteiger charge is 2.31. The first kappa shape index (κ1) is 23.6. The third-order valence-corrected chi connectivity index (χ3v) is 6.37. The topological polar surface area (TPSA) is 101 Å². The highest BCUT2D eigenvalue weighted by Crippen LogP contribution is 2.37. The normalized spacial score (nSPS) is 16.3. The van der Waals surface area contributed by atoms with E-state index in [1.807, 2.05) is 36.4 Å². The van der Waals surface area contributed by atoms with Crippen molar-refractivity contribution in [3.05, 3.63) is 77.0 Å². The third kappa shape index (κ3) is 4.84. The number of carbonyl (C=O) groups is 2. The van der Waals surface area contributed by atoms with E-state index < -0.39 is 17.9 Å². The molecular weight excluding hydrogens is 432 g/mol. The molecule has 178 valence electrons. The summed E-state index contributed by atoms with van der Waals surface area (Å²) in [5.74, 6) is -1.80. The first-order chi connectivity index (χ1) is 16.4. The fraction of sp³-hybridized carbons (Fsp3) is 0.333. The Hall–Kier alpha value is -3.58. The van der Waals surface area contributed by atoms with Crippen LogP contribution in [0.15, 0.2) is 60.2 Å². The van der Waals surface area contributed by atoms with Gasteiger partial charge in [0.2, 0.25) is 0 Å². The van der Waals surface area contributed by atoms with Crippen LogP contribution in [0.4, 0.5) is 0 Å². The first-order valence-corrected chi connectivity index (χ1v) is 11.6. The Bertz CT molecular complexity index is 1240. The Morgan fingerprint density at radius 3 is 2.71 bits per heavy atom. The number of rotatable bonds is 8. The molecule has 0 fully saturated rings. The summed E-state index contributed by atoms with van der Waals surface area (Å²) in [4.78, 5) is 23.4. The maximum absolute atomic E-state index is 12.0. The van der Waals surface area contributed by atoms with Gasteiger partial charge in [0.05, 0.1) is 12.1 Å². The average molecular weight is 463 g/mol. The molecule has 1 aromatic heterocycles. The van der Waals surface area contributed by atoms with Gasteiger partial charge in [-0.05, 0) is 35.2 Å². The predicted molar refractivity (Wildman–Crippen MR) is 131 cm³/mol. The molecule has 0 spiro atoms. The Balaban J connectivity index is 1.71. The molecule has 1 atom stereocenters. The number of nitrogens with zero attached hydrogens (tertiary/aromatic N) is 1. The molecule has 0 amide bonds. The van der Waals surface area contributed by atoms with Crippen LogP contribution in [0.3, 0.4) is 0 Å². The van der Waals surface area contributed by atoms with Gasteiger partial charge in [-0.3, -0.25) is 0 Å². The van der Waals surface area contributed by atoms with Crippen molar-refractivity contribution in [2.45, 2.75) is 38.6 Å². The highest BCUT2D eigenvalue weighted by molar-refractivity contribution is 5.98. The van der Waals surface area contributed by atoms with Gasteiger partial charge in [0, 0.05) is 48.1 Å². The number of hydrogen-bond acceptors (Lipinski definition) is 4. The minimum Gasteiger partial charge on any atom is -0.492 e. The van der Waals surface area contributed by atoms with Crippen molar-refractivity contribution in [2.75, 3.05) is 19.7 Å². The minimum absolute atomic E-state index is 0.118. The van der Waals surface area contributed by atoms with Crippen molar-refractivity contribution in [2.24, 2.45) is 0 Å². The fourth-order valence-electron chi connectivity index (χ4n) is 4.78. The van der Waals surface area contributed by atoms with Crippen LogP contribution in [0.25, 0.3) is 10.9 Å². The van der Waals surface area contributed by atoms with Crippen molar-refractivity contribution in [1.29, 1.82) is 0 Å². The molecule has 0 saturated carbocycles. The molecule has 2 aromatic carbocycles. The van der Waals surface area contributed by atoms with Crippen LogP contribution in [0, 0.1) is 0 Å². The lowest BCUT2D eigenvalue weighted by atomic mass is 9.88. The molecule has 2 heterocycles.